The van der Waals surface area contributed by atoms with E-state index in [-0.39, 0.29) is 12.2 Å². The highest BCUT2D eigenvalue weighted by Crippen LogP contribution is 2.18. The lowest BCUT2D eigenvalue weighted by Crippen LogP contribution is -2.28. The van der Waals surface area contributed by atoms with Crippen molar-refractivity contribution in [3.63, 3.8) is 0 Å². The Morgan fingerprint density at radius 1 is 1.11 bits per heavy atom. The minimum atomic E-state index is -2.28. The van der Waals surface area contributed by atoms with Crippen LogP contribution in [0.2, 0.25) is 0 Å². The molecule has 0 aliphatic carbocycles. The van der Waals surface area contributed by atoms with Crippen LogP contribution in [-0.2, 0) is 0 Å². The molecule has 0 radical (unpaired) electrons. The predicted octanol–water partition coefficient (Wildman–Crippen LogP) is 5.28. The van der Waals surface area contributed by atoms with E-state index in [2.05, 4.69) is 0 Å². The Morgan fingerprint density at radius 3 is 2.05 bits per heavy atom. The molecule has 0 rings (SSSR count). The number of hydrogen-bond acceptors (Lipinski definition) is 2. The summed E-state index contributed by atoms with van der Waals surface area (Å²) in [6.07, 6.45) is 0.729. The van der Waals surface area contributed by atoms with Gasteiger partial charge in [0.1, 0.15) is 4.32 Å². The molecule has 0 unspecified atom stereocenters. The summed E-state index contributed by atoms with van der Waals surface area (Å²) in [5, 5.41) is 0. The first-order valence-electron chi connectivity index (χ1n) is 5.14. The lowest BCUT2D eigenvalue weighted by atomic mass is 10.4. The molecule has 0 amide bonds. The second-order valence-electron chi connectivity index (χ2n) is 3.16. The second kappa shape index (κ2) is 11.6. The maximum absolute atomic E-state index is 12.6. The smallest absolute Gasteiger partial charge is 0.301 e. The van der Waals surface area contributed by atoms with E-state index in [0.717, 1.165) is 11.8 Å². The third-order valence-corrected chi connectivity index (χ3v) is 3.72. The van der Waals surface area contributed by atoms with E-state index in [1.165, 1.54) is 11.1 Å². The molecule has 19 heavy (non-hydrogen) atoms. The van der Waals surface area contributed by atoms with Gasteiger partial charge in [-0.25, -0.2) is 4.39 Å². The van der Waals surface area contributed by atoms with Crippen molar-refractivity contribution >= 4 is 51.5 Å². The molecule has 1 nitrogen and oxygen atoms in total. The number of hydrogen-bond donors (Lipinski definition) is 0. The van der Waals surface area contributed by atoms with Crippen molar-refractivity contribution in [2.45, 2.75) is 6.42 Å². The Bertz CT molecular complexity index is 355. The minimum absolute atomic E-state index is 0.147. The third kappa shape index (κ3) is 9.38. The van der Waals surface area contributed by atoms with Crippen LogP contribution in [0.1, 0.15) is 6.42 Å². The van der Waals surface area contributed by atoms with Crippen LogP contribution in [0.3, 0.4) is 0 Å². The molecule has 0 aromatic carbocycles. The maximum Gasteiger partial charge on any atom is 0.301 e. The zero-order valence-electron chi connectivity index (χ0n) is 9.79. The monoisotopic (exact) mass is 349 g/mol. The van der Waals surface area contributed by atoms with Crippen molar-refractivity contribution < 1.29 is 13.2 Å². The first-order chi connectivity index (χ1) is 9.02. The Kier molecular flexibility index (Phi) is 11.5. The first-order valence-corrected chi connectivity index (χ1v) is 7.41. The number of allylic oxidation sites excluding steroid dienone is 1. The maximum atomic E-state index is 12.6. The predicted molar refractivity (Wildman–Crippen MR) is 81.6 cm³/mol. The van der Waals surface area contributed by atoms with Gasteiger partial charge >= 0.3 is 6.08 Å². The summed E-state index contributed by atoms with van der Waals surface area (Å²) in [6, 6.07) is 0. The lowest BCUT2D eigenvalue weighted by Gasteiger charge is -2.21. The molecule has 0 heterocycles. The van der Waals surface area contributed by atoms with Crippen molar-refractivity contribution in [2.24, 2.45) is 0 Å². The molecule has 108 valence electrons. The van der Waals surface area contributed by atoms with Crippen molar-refractivity contribution in [2.75, 3.05) is 18.8 Å². The van der Waals surface area contributed by atoms with Gasteiger partial charge in [-0.2, -0.15) is 8.78 Å². The molecule has 0 aliphatic heterocycles. The second-order valence-corrected chi connectivity index (χ2v) is 5.39. The van der Waals surface area contributed by atoms with Crippen molar-refractivity contribution in [3.05, 3.63) is 35.1 Å². The lowest BCUT2D eigenvalue weighted by molar-refractivity contribution is 0.373. The van der Waals surface area contributed by atoms with Gasteiger partial charge in [-0.05, 0) is 0 Å². The molecule has 0 spiro atoms. The van der Waals surface area contributed by atoms with E-state index < -0.39 is 11.9 Å². The van der Waals surface area contributed by atoms with E-state index >= 15 is 0 Å². The van der Waals surface area contributed by atoms with Gasteiger partial charge in [0.2, 0.25) is 0 Å². The Hall–Kier alpha value is -0.170. The number of nitrogens with zero attached hydrogens (tertiary/aromatic N) is 1. The summed E-state index contributed by atoms with van der Waals surface area (Å²) in [7, 11) is 0. The van der Waals surface area contributed by atoms with Crippen LogP contribution in [-0.4, -0.2) is 28.1 Å². The summed E-state index contributed by atoms with van der Waals surface area (Å²) >= 11 is 17.1. The van der Waals surface area contributed by atoms with Crippen LogP contribution in [0.5, 0.6) is 0 Å². The Morgan fingerprint density at radius 2 is 1.63 bits per heavy atom. The van der Waals surface area contributed by atoms with E-state index in [1.807, 2.05) is 0 Å². The highest BCUT2D eigenvalue weighted by atomic mass is 35.5. The fourth-order valence-electron chi connectivity index (χ4n) is 0.971. The van der Waals surface area contributed by atoms with Gasteiger partial charge < -0.3 is 4.90 Å². The summed E-state index contributed by atoms with van der Waals surface area (Å²) in [6.45, 7) is 0.929. The van der Waals surface area contributed by atoms with Crippen LogP contribution >= 0.6 is 47.2 Å². The van der Waals surface area contributed by atoms with E-state index in [9.17, 15) is 13.2 Å². The van der Waals surface area contributed by atoms with Gasteiger partial charge in [-0.3, -0.25) is 0 Å². The topological polar surface area (TPSA) is 3.24 Å². The molecule has 0 fully saturated rings. The highest BCUT2D eigenvalue weighted by molar-refractivity contribution is 8.22. The average molecular weight is 350 g/mol. The molecule has 0 aromatic heterocycles. The SMILES string of the molecule is FC(F)=C(F)CCSC(=S)N(CC=CCl)CC=CCl. The zero-order chi connectivity index (χ0) is 14.7. The van der Waals surface area contributed by atoms with E-state index in [1.54, 1.807) is 17.1 Å². The van der Waals surface area contributed by atoms with Gasteiger partial charge in [0, 0.05) is 36.3 Å². The van der Waals surface area contributed by atoms with Crippen molar-refractivity contribution in [1.82, 2.24) is 4.90 Å². The van der Waals surface area contributed by atoms with Crippen molar-refractivity contribution in [1.29, 1.82) is 0 Å². The van der Waals surface area contributed by atoms with Gasteiger partial charge in [-0.15, -0.1) is 0 Å². The van der Waals surface area contributed by atoms with Crippen LogP contribution in [0.4, 0.5) is 13.2 Å². The van der Waals surface area contributed by atoms with Gasteiger partial charge in [-0.1, -0.05) is 59.3 Å². The quantitative estimate of drug-likeness (QED) is 0.575. The van der Waals surface area contributed by atoms with Crippen LogP contribution in [0.15, 0.2) is 35.1 Å². The van der Waals surface area contributed by atoms with Crippen LogP contribution in [0, 0.1) is 0 Å². The Labute approximate surface area is 130 Å². The number of thiocarbonyl (C=S) groups is 1. The Balaban J connectivity index is 4.27. The molecular weight excluding hydrogens is 338 g/mol. The number of rotatable bonds is 7. The first kappa shape index (κ1) is 18.8. The molecule has 0 atom stereocenters. The molecule has 0 saturated carbocycles. The molecule has 0 aliphatic rings. The summed E-state index contributed by atoms with van der Waals surface area (Å²) in [5.74, 6) is -1.25. The standard InChI is InChI=1S/C11H12Cl2F3NS2/c12-4-1-6-17(7-2-5-13)11(18)19-8-3-9(14)10(15)16/h1-2,4-5H,3,6-8H2. The summed E-state index contributed by atoms with van der Waals surface area (Å²) in [4.78, 5) is 1.76. The van der Waals surface area contributed by atoms with Gasteiger partial charge in [0.15, 0.2) is 5.83 Å². The molecule has 8 heteroatoms. The molecular formula is C11H12Cl2F3NS2. The zero-order valence-corrected chi connectivity index (χ0v) is 12.9. The van der Waals surface area contributed by atoms with Crippen LogP contribution < -0.4 is 0 Å². The van der Waals surface area contributed by atoms with Crippen molar-refractivity contribution in [3.8, 4) is 0 Å². The fraction of sp³-hybridized carbons (Fsp3) is 0.364. The van der Waals surface area contributed by atoms with Gasteiger partial charge in [0.25, 0.3) is 0 Å². The third-order valence-electron chi connectivity index (χ3n) is 1.84. The van der Waals surface area contributed by atoms with E-state index in [4.69, 9.17) is 35.4 Å². The summed E-state index contributed by atoms with van der Waals surface area (Å²) < 4.78 is 36.8. The average Bonchev–Trinajstić information content (AvgIpc) is 2.38. The molecule has 0 saturated heterocycles. The highest BCUT2D eigenvalue weighted by Gasteiger charge is 2.10. The van der Waals surface area contributed by atoms with Gasteiger partial charge in [0.05, 0.1) is 0 Å². The molecule has 0 bridgehead atoms. The molecule has 0 aromatic rings. The number of thioether (sulfide) groups is 1. The minimum Gasteiger partial charge on any atom is -0.350 e. The largest absolute Gasteiger partial charge is 0.350 e. The van der Waals surface area contributed by atoms with Crippen LogP contribution in [0.25, 0.3) is 0 Å². The fourth-order valence-corrected chi connectivity index (χ4v) is 2.32. The normalized spacial score (nSPS) is 11.2. The summed E-state index contributed by atoms with van der Waals surface area (Å²) in [5.41, 5.74) is 2.71. The number of halogens is 5. The van der Waals surface area contributed by atoms with E-state index in [0.29, 0.717) is 17.4 Å². The molecule has 0 N–H and O–H groups in total.